The summed E-state index contributed by atoms with van der Waals surface area (Å²) in [6.07, 6.45) is 1.42. The second-order valence-corrected chi connectivity index (χ2v) is 7.70. The number of hydrogen-bond donors (Lipinski definition) is 0. The van der Waals surface area contributed by atoms with Crippen molar-refractivity contribution in [2.45, 2.75) is 26.7 Å². The zero-order valence-corrected chi connectivity index (χ0v) is 17.8. The average molecular weight is 397 g/mol. The molecule has 0 aliphatic carbocycles. The Bertz CT molecular complexity index is 814. The first-order valence-corrected chi connectivity index (χ1v) is 10.4. The minimum absolute atomic E-state index is 0.191. The van der Waals surface area contributed by atoms with E-state index >= 15 is 0 Å². The molecule has 0 N–H and O–H groups in total. The highest BCUT2D eigenvalue weighted by atomic mass is 16.5. The second-order valence-electron chi connectivity index (χ2n) is 7.70. The molecule has 2 aromatic rings. The van der Waals surface area contributed by atoms with Crippen molar-refractivity contribution < 1.29 is 14.3 Å². The lowest BCUT2D eigenvalue weighted by Gasteiger charge is -2.34. The van der Waals surface area contributed by atoms with Crippen molar-refractivity contribution in [2.24, 2.45) is 0 Å². The van der Waals surface area contributed by atoms with Crippen LogP contribution in [0.4, 0.5) is 0 Å². The predicted octanol–water partition coefficient (Wildman–Crippen LogP) is 3.47. The molecule has 0 aromatic heterocycles. The molecule has 0 spiro atoms. The van der Waals surface area contributed by atoms with E-state index in [9.17, 15) is 4.79 Å². The van der Waals surface area contributed by atoms with E-state index in [0.717, 1.165) is 62.8 Å². The van der Waals surface area contributed by atoms with Gasteiger partial charge < -0.3 is 14.4 Å². The number of carbonyl (C=O) groups is 1. The molecule has 0 atom stereocenters. The van der Waals surface area contributed by atoms with E-state index in [1.54, 1.807) is 7.11 Å². The summed E-state index contributed by atoms with van der Waals surface area (Å²) in [4.78, 5) is 17.0. The molecule has 1 aliphatic heterocycles. The maximum atomic E-state index is 12.6. The highest BCUT2D eigenvalue weighted by molar-refractivity contribution is 5.79. The van der Waals surface area contributed by atoms with Gasteiger partial charge in [0.25, 0.3) is 0 Å². The maximum absolute atomic E-state index is 12.6. The molecule has 0 radical (unpaired) electrons. The summed E-state index contributed by atoms with van der Waals surface area (Å²) in [5.41, 5.74) is 3.55. The van der Waals surface area contributed by atoms with Gasteiger partial charge >= 0.3 is 0 Å². The molecule has 1 aliphatic rings. The molecule has 1 saturated heterocycles. The SMILES string of the molecule is COc1cccc(CC(=O)N2CCN(CCCOc3ccc(C)c(C)c3)CC2)c1. The zero-order valence-electron chi connectivity index (χ0n) is 17.8. The fraction of sp³-hybridized carbons (Fsp3) is 0.458. The highest BCUT2D eigenvalue weighted by Crippen LogP contribution is 2.17. The van der Waals surface area contributed by atoms with Gasteiger partial charge in [0.2, 0.25) is 5.91 Å². The standard InChI is InChI=1S/C24H32N2O3/c1-19-8-9-23(16-20(19)2)29-15-5-10-25-11-13-26(14-12-25)24(27)18-21-6-4-7-22(17-21)28-3/h4,6-9,16-17H,5,10-15,18H2,1-3H3. The van der Waals surface area contributed by atoms with Crippen molar-refractivity contribution >= 4 is 5.91 Å². The molecular weight excluding hydrogens is 364 g/mol. The molecule has 1 fully saturated rings. The van der Waals surface area contributed by atoms with Crippen LogP contribution in [0.2, 0.25) is 0 Å². The number of methoxy groups -OCH3 is 1. The molecule has 3 rings (SSSR count). The first-order valence-electron chi connectivity index (χ1n) is 10.4. The van der Waals surface area contributed by atoms with Gasteiger partial charge in [0.1, 0.15) is 11.5 Å². The van der Waals surface area contributed by atoms with Gasteiger partial charge in [-0.1, -0.05) is 18.2 Å². The molecule has 156 valence electrons. The van der Waals surface area contributed by atoms with Crippen molar-refractivity contribution in [2.75, 3.05) is 46.4 Å². The van der Waals surface area contributed by atoms with E-state index < -0.39 is 0 Å². The largest absolute Gasteiger partial charge is 0.497 e. The predicted molar refractivity (Wildman–Crippen MR) is 116 cm³/mol. The van der Waals surface area contributed by atoms with Crippen LogP contribution >= 0.6 is 0 Å². The monoisotopic (exact) mass is 396 g/mol. The number of carbonyl (C=O) groups excluding carboxylic acids is 1. The van der Waals surface area contributed by atoms with Crippen LogP contribution in [0.25, 0.3) is 0 Å². The fourth-order valence-electron chi connectivity index (χ4n) is 3.57. The topological polar surface area (TPSA) is 42.0 Å². The van der Waals surface area contributed by atoms with Gasteiger partial charge in [0.15, 0.2) is 0 Å². The lowest BCUT2D eigenvalue weighted by Crippen LogP contribution is -2.49. The van der Waals surface area contributed by atoms with Crippen LogP contribution in [0.5, 0.6) is 11.5 Å². The Hall–Kier alpha value is -2.53. The van der Waals surface area contributed by atoms with E-state index in [1.165, 1.54) is 11.1 Å². The molecule has 1 heterocycles. The minimum Gasteiger partial charge on any atom is -0.497 e. The van der Waals surface area contributed by atoms with Crippen LogP contribution in [-0.4, -0.2) is 62.1 Å². The third-order valence-corrected chi connectivity index (χ3v) is 5.58. The van der Waals surface area contributed by atoms with E-state index in [2.05, 4.69) is 30.9 Å². The molecule has 2 aromatic carbocycles. The molecule has 0 saturated carbocycles. The number of aryl methyl sites for hydroxylation is 2. The third kappa shape index (κ3) is 6.23. The van der Waals surface area contributed by atoms with Crippen LogP contribution in [0.1, 0.15) is 23.1 Å². The Morgan fingerprint density at radius 3 is 2.48 bits per heavy atom. The number of nitrogens with zero attached hydrogens (tertiary/aromatic N) is 2. The van der Waals surface area contributed by atoms with E-state index in [-0.39, 0.29) is 5.91 Å². The smallest absolute Gasteiger partial charge is 0.227 e. The quantitative estimate of drug-likeness (QED) is 0.641. The summed E-state index contributed by atoms with van der Waals surface area (Å²) in [6, 6.07) is 14.0. The third-order valence-electron chi connectivity index (χ3n) is 5.58. The molecular formula is C24H32N2O3. The maximum Gasteiger partial charge on any atom is 0.227 e. The Morgan fingerprint density at radius 1 is 0.966 bits per heavy atom. The lowest BCUT2D eigenvalue weighted by atomic mass is 10.1. The van der Waals surface area contributed by atoms with Gasteiger partial charge in [-0.3, -0.25) is 9.69 Å². The van der Waals surface area contributed by atoms with Crippen LogP contribution in [0.3, 0.4) is 0 Å². The summed E-state index contributed by atoms with van der Waals surface area (Å²) < 4.78 is 11.1. The summed E-state index contributed by atoms with van der Waals surface area (Å²) in [6.45, 7) is 9.38. The Morgan fingerprint density at radius 2 is 1.76 bits per heavy atom. The average Bonchev–Trinajstić information content (AvgIpc) is 2.74. The van der Waals surface area contributed by atoms with E-state index in [0.29, 0.717) is 6.42 Å². The minimum atomic E-state index is 0.191. The van der Waals surface area contributed by atoms with Gasteiger partial charge in [0, 0.05) is 32.7 Å². The first kappa shape index (κ1) is 21.2. The summed E-state index contributed by atoms with van der Waals surface area (Å²) >= 11 is 0. The second kappa shape index (κ2) is 10.3. The van der Waals surface area contributed by atoms with Crippen LogP contribution < -0.4 is 9.47 Å². The van der Waals surface area contributed by atoms with Crippen molar-refractivity contribution in [3.05, 3.63) is 59.2 Å². The van der Waals surface area contributed by atoms with Crippen molar-refractivity contribution in [1.29, 1.82) is 0 Å². The number of piperazine rings is 1. The first-order chi connectivity index (χ1) is 14.0. The van der Waals surface area contributed by atoms with Crippen LogP contribution in [0, 0.1) is 13.8 Å². The molecule has 29 heavy (non-hydrogen) atoms. The van der Waals surface area contributed by atoms with E-state index in [4.69, 9.17) is 9.47 Å². The number of rotatable bonds is 8. The van der Waals surface area contributed by atoms with Gasteiger partial charge in [-0.2, -0.15) is 0 Å². The lowest BCUT2D eigenvalue weighted by molar-refractivity contribution is -0.132. The molecule has 5 heteroatoms. The number of benzene rings is 2. The molecule has 5 nitrogen and oxygen atoms in total. The number of ether oxygens (including phenoxy) is 2. The van der Waals surface area contributed by atoms with Gasteiger partial charge in [-0.25, -0.2) is 0 Å². The van der Waals surface area contributed by atoms with Crippen LogP contribution in [0.15, 0.2) is 42.5 Å². The summed E-state index contributed by atoms with van der Waals surface area (Å²) in [7, 11) is 1.65. The Balaban J connectivity index is 1.35. The Labute approximate surface area is 174 Å². The van der Waals surface area contributed by atoms with Gasteiger partial charge in [-0.15, -0.1) is 0 Å². The number of hydrogen-bond acceptors (Lipinski definition) is 4. The van der Waals surface area contributed by atoms with Crippen molar-refractivity contribution in [1.82, 2.24) is 9.80 Å². The Kier molecular flexibility index (Phi) is 7.53. The van der Waals surface area contributed by atoms with Crippen LogP contribution in [-0.2, 0) is 11.2 Å². The van der Waals surface area contributed by atoms with Crippen molar-refractivity contribution in [3.63, 3.8) is 0 Å². The summed E-state index contributed by atoms with van der Waals surface area (Å²) in [5, 5.41) is 0. The molecule has 0 bridgehead atoms. The highest BCUT2D eigenvalue weighted by Gasteiger charge is 2.21. The summed E-state index contributed by atoms with van der Waals surface area (Å²) in [5.74, 6) is 1.93. The molecule has 1 amide bonds. The normalized spacial score (nSPS) is 14.7. The molecule has 0 unspecified atom stereocenters. The van der Waals surface area contributed by atoms with Crippen molar-refractivity contribution in [3.8, 4) is 11.5 Å². The zero-order chi connectivity index (χ0) is 20.6. The number of amides is 1. The van der Waals surface area contributed by atoms with Gasteiger partial charge in [0.05, 0.1) is 20.1 Å². The fourth-order valence-corrected chi connectivity index (χ4v) is 3.57. The van der Waals surface area contributed by atoms with Gasteiger partial charge in [-0.05, 0) is 61.2 Å². The van der Waals surface area contributed by atoms with E-state index in [1.807, 2.05) is 35.2 Å².